The first-order valence-electron chi connectivity index (χ1n) is 9.82. The first-order chi connectivity index (χ1) is 13.4. The van der Waals surface area contributed by atoms with Crippen molar-refractivity contribution in [3.63, 3.8) is 0 Å². The van der Waals surface area contributed by atoms with E-state index in [1.807, 2.05) is 37.3 Å². The average Bonchev–Trinajstić information content (AvgIpc) is 3.27. The molecule has 28 heavy (non-hydrogen) atoms. The normalized spacial score (nSPS) is 25.5. The Kier molecular flexibility index (Phi) is 6.11. The first kappa shape index (κ1) is 20.0. The number of carbonyl (C=O) groups is 4. The smallest absolute Gasteiger partial charge is 0.246 e. The van der Waals surface area contributed by atoms with Crippen LogP contribution in [0.3, 0.4) is 0 Å². The van der Waals surface area contributed by atoms with Gasteiger partial charge in [0.2, 0.25) is 17.7 Å². The molecule has 3 N–H and O–H groups in total. The molecule has 7 nitrogen and oxygen atoms in total. The van der Waals surface area contributed by atoms with Crippen LogP contribution in [0.2, 0.25) is 0 Å². The number of nitrogens with zero attached hydrogens (tertiary/aromatic N) is 1. The summed E-state index contributed by atoms with van der Waals surface area (Å²) >= 11 is 0. The second kappa shape index (κ2) is 8.54. The summed E-state index contributed by atoms with van der Waals surface area (Å²) in [5, 5.41) is 2.86. The van der Waals surface area contributed by atoms with Crippen molar-refractivity contribution in [2.24, 2.45) is 17.6 Å². The lowest BCUT2D eigenvalue weighted by atomic mass is 9.96. The number of hydrogen-bond acceptors (Lipinski definition) is 4. The van der Waals surface area contributed by atoms with Crippen molar-refractivity contribution in [2.75, 3.05) is 6.54 Å². The fraction of sp³-hybridized carbons (Fsp3) is 0.524. The van der Waals surface area contributed by atoms with E-state index in [2.05, 4.69) is 5.32 Å². The topological polar surface area (TPSA) is 110 Å². The molecule has 7 heteroatoms. The second-order valence-corrected chi connectivity index (χ2v) is 7.87. The highest BCUT2D eigenvalue weighted by molar-refractivity contribution is 5.95. The molecule has 1 aromatic rings. The zero-order valence-electron chi connectivity index (χ0n) is 16.1. The number of nitrogens with two attached hydrogens (primary N) is 1. The van der Waals surface area contributed by atoms with E-state index in [9.17, 15) is 19.2 Å². The predicted octanol–water partition coefficient (Wildman–Crippen LogP) is 0.805. The number of nitrogens with one attached hydrogen (secondary N) is 1. The van der Waals surface area contributed by atoms with Crippen molar-refractivity contribution in [1.29, 1.82) is 0 Å². The Morgan fingerprint density at radius 1 is 1.21 bits per heavy atom. The summed E-state index contributed by atoms with van der Waals surface area (Å²) < 4.78 is 0. The molecule has 2 fully saturated rings. The maximum Gasteiger partial charge on any atom is 0.246 e. The number of primary amides is 1. The minimum absolute atomic E-state index is 0.0369. The van der Waals surface area contributed by atoms with Gasteiger partial charge in [-0.2, -0.15) is 0 Å². The van der Waals surface area contributed by atoms with Gasteiger partial charge in [-0.3, -0.25) is 19.2 Å². The molecule has 1 aliphatic heterocycles. The van der Waals surface area contributed by atoms with Crippen molar-refractivity contribution in [3.8, 4) is 0 Å². The predicted molar refractivity (Wildman–Crippen MR) is 103 cm³/mol. The molecule has 1 saturated heterocycles. The molecule has 2 aliphatic rings. The van der Waals surface area contributed by atoms with E-state index in [0.29, 0.717) is 32.2 Å². The highest BCUT2D eigenvalue weighted by Crippen LogP contribution is 2.29. The number of Topliss-reactive ketones (excluding diaryl/α,β-unsaturated/α-hetero) is 1. The Labute approximate surface area is 164 Å². The summed E-state index contributed by atoms with van der Waals surface area (Å²) in [6, 6.07) is 7.99. The lowest BCUT2D eigenvalue weighted by molar-refractivity contribution is -0.141. The maximum atomic E-state index is 13.2. The number of rotatable bonds is 6. The molecule has 1 saturated carbocycles. The van der Waals surface area contributed by atoms with E-state index < -0.39 is 23.9 Å². The largest absolute Gasteiger partial charge is 0.368 e. The molecule has 0 radical (unpaired) electrons. The van der Waals surface area contributed by atoms with Crippen LogP contribution in [0.1, 0.15) is 38.2 Å². The zero-order chi connectivity index (χ0) is 20.3. The number of ketones is 1. The van der Waals surface area contributed by atoms with Crippen LogP contribution in [0.25, 0.3) is 0 Å². The SMILES string of the molecule is C[C@@H]1CC(=O)C[C@@H]1C(=O)N[C@@H](Cc1ccccc1)C(=O)N1CCC[C@H]1C(N)=O. The fourth-order valence-corrected chi connectivity index (χ4v) is 4.24. The Hall–Kier alpha value is -2.70. The lowest BCUT2D eigenvalue weighted by Gasteiger charge is -2.29. The number of likely N-dealkylation sites (tertiary alicyclic amines) is 1. The van der Waals surface area contributed by atoms with Crippen LogP contribution in [-0.4, -0.2) is 47.0 Å². The van der Waals surface area contributed by atoms with Gasteiger partial charge >= 0.3 is 0 Å². The molecule has 1 heterocycles. The van der Waals surface area contributed by atoms with Gasteiger partial charge in [0.1, 0.15) is 17.9 Å². The number of hydrogen-bond donors (Lipinski definition) is 2. The van der Waals surface area contributed by atoms with Crippen molar-refractivity contribution >= 4 is 23.5 Å². The van der Waals surface area contributed by atoms with Crippen molar-refractivity contribution in [1.82, 2.24) is 10.2 Å². The molecule has 1 aliphatic carbocycles. The Balaban J connectivity index is 1.78. The fourth-order valence-electron chi connectivity index (χ4n) is 4.24. The number of amides is 3. The first-order valence-corrected chi connectivity index (χ1v) is 9.82. The van der Waals surface area contributed by atoms with E-state index in [1.54, 1.807) is 0 Å². The summed E-state index contributed by atoms with van der Waals surface area (Å²) in [4.78, 5) is 50.9. The van der Waals surface area contributed by atoms with Gasteiger partial charge in [-0.1, -0.05) is 37.3 Å². The van der Waals surface area contributed by atoms with Crippen LogP contribution in [0.4, 0.5) is 0 Å². The molecule has 1 aromatic carbocycles. The highest BCUT2D eigenvalue weighted by Gasteiger charge is 2.39. The van der Waals surface area contributed by atoms with Crippen LogP contribution >= 0.6 is 0 Å². The van der Waals surface area contributed by atoms with E-state index >= 15 is 0 Å². The zero-order valence-corrected chi connectivity index (χ0v) is 16.1. The molecule has 0 unspecified atom stereocenters. The van der Waals surface area contributed by atoms with Crippen LogP contribution < -0.4 is 11.1 Å². The average molecular weight is 385 g/mol. The maximum absolute atomic E-state index is 13.2. The monoisotopic (exact) mass is 385 g/mol. The van der Waals surface area contributed by atoms with E-state index in [-0.39, 0.29) is 29.9 Å². The van der Waals surface area contributed by atoms with Crippen molar-refractivity contribution in [3.05, 3.63) is 35.9 Å². The van der Waals surface area contributed by atoms with Gasteiger partial charge in [0.15, 0.2) is 0 Å². The molecule has 4 atom stereocenters. The number of benzene rings is 1. The van der Waals surface area contributed by atoms with E-state index in [0.717, 1.165) is 5.56 Å². The van der Waals surface area contributed by atoms with E-state index in [4.69, 9.17) is 5.73 Å². The number of carbonyl (C=O) groups excluding carboxylic acids is 4. The summed E-state index contributed by atoms with van der Waals surface area (Å²) in [6.45, 7) is 2.33. The lowest BCUT2D eigenvalue weighted by Crippen LogP contribution is -2.54. The summed E-state index contributed by atoms with van der Waals surface area (Å²) in [7, 11) is 0. The van der Waals surface area contributed by atoms with Gasteiger partial charge < -0.3 is 16.0 Å². The Morgan fingerprint density at radius 2 is 1.93 bits per heavy atom. The van der Waals surface area contributed by atoms with Gasteiger partial charge in [-0.25, -0.2) is 0 Å². The Bertz CT molecular complexity index is 764. The van der Waals surface area contributed by atoms with Crippen molar-refractivity contribution in [2.45, 2.75) is 51.1 Å². The summed E-state index contributed by atoms with van der Waals surface area (Å²) in [5.74, 6) is -1.47. The van der Waals surface area contributed by atoms with Gasteiger partial charge in [-0.15, -0.1) is 0 Å². The van der Waals surface area contributed by atoms with Gasteiger partial charge in [0.05, 0.1) is 0 Å². The van der Waals surface area contributed by atoms with Gasteiger partial charge in [0.25, 0.3) is 0 Å². The molecule has 0 bridgehead atoms. The highest BCUT2D eigenvalue weighted by atomic mass is 16.2. The quantitative estimate of drug-likeness (QED) is 0.755. The van der Waals surface area contributed by atoms with Gasteiger partial charge in [-0.05, 0) is 24.3 Å². The van der Waals surface area contributed by atoms with Gasteiger partial charge in [0, 0.05) is 31.7 Å². The molecule has 3 amide bonds. The van der Waals surface area contributed by atoms with Crippen LogP contribution in [0.5, 0.6) is 0 Å². The van der Waals surface area contributed by atoms with E-state index in [1.165, 1.54) is 4.90 Å². The van der Waals surface area contributed by atoms with Crippen LogP contribution in [0, 0.1) is 11.8 Å². The molecular formula is C21H27N3O4. The molecular weight excluding hydrogens is 358 g/mol. The molecule has 3 rings (SSSR count). The third-order valence-corrected chi connectivity index (χ3v) is 5.78. The molecule has 150 valence electrons. The van der Waals surface area contributed by atoms with Crippen LogP contribution in [0.15, 0.2) is 30.3 Å². The van der Waals surface area contributed by atoms with Crippen LogP contribution in [-0.2, 0) is 25.6 Å². The third kappa shape index (κ3) is 4.40. The second-order valence-electron chi connectivity index (χ2n) is 7.87. The third-order valence-electron chi connectivity index (χ3n) is 5.78. The minimum atomic E-state index is -0.794. The Morgan fingerprint density at radius 3 is 2.54 bits per heavy atom. The van der Waals surface area contributed by atoms with Crippen molar-refractivity contribution < 1.29 is 19.2 Å². The summed E-state index contributed by atoms with van der Waals surface area (Å²) in [5.41, 5.74) is 6.36. The summed E-state index contributed by atoms with van der Waals surface area (Å²) in [6.07, 6.45) is 2.18. The molecule has 0 spiro atoms. The standard InChI is InChI=1S/C21H27N3O4/c1-13-10-15(25)12-16(13)20(27)23-17(11-14-6-3-2-4-7-14)21(28)24-9-5-8-18(24)19(22)26/h2-4,6-7,13,16-18H,5,8-12H2,1H3,(H2,22,26)(H,23,27)/t13-,16+,17+,18+/m1/s1. The molecule has 0 aromatic heterocycles. The minimum Gasteiger partial charge on any atom is -0.368 e.